The number of phenols is 2. The second kappa shape index (κ2) is 12.6. The molecule has 1 atom stereocenters. The van der Waals surface area contributed by atoms with Crippen LogP contribution in [0.5, 0.6) is 28.7 Å². The number of rotatable bonds is 13. The zero-order valence-corrected chi connectivity index (χ0v) is 27.5. The van der Waals surface area contributed by atoms with Gasteiger partial charge in [0.2, 0.25) is 0 Å². The molecule has 5 aromatic rings. The molecule has 6 rings (SSSR count). The minimum absolute atomic E-state index is 0.0224. The van der Waals surface area contributed by atoms with Gasteiger partial charge in [0.15, 0.2) is 28.1 Å². The maximum absolute atomic E-state index is 13.8. The second-order valence-electron chi connectivity index (χ2n) is 11.4. The molecule has 0 amide bonds. The lowest BCUT2D eigenvalue weighted by atomic mass is 9.80. The molecule has 47 heavy (non-hydrogen) atoms. The Labute approximate surface area is 273 Å². The number of methoxy groups -OCH3 is 3. The Morgan fingerprint density at radius 1 is 0.830 bits per heavy atom. The average Bonchev–Trinajstić information content (AvgIpc) is 3.17. The molecule has 1 aliphatic carbocycles. The van der Waals surface area contributed by atoms with Crippen LogP contribution in [0.3, 0.4) is 0 Å². The van der Waals surface area contributed by atoms with Gasteiger partial charge in [0.25, 0.3) is 0 Å². The van der Waals surface area contributed by atoms with E-state index in [-0.39, 0.29) is 52.8 Å². The molecule has 0 aliphatic heterocycles. The normalized spacial score (nSPS) is 14.3. The summed E-state index contributed by atoms with van der Waals surface area (Å²) in [6.45, 7) is 4.35. The van der Waals surface area contributed by atoms with E-state index < -0.39 is 22.5 Å². The summed E-state index contributed by atoms with van der Waals surface area (Å²) in [7, 11) is 4.20. The molecule has 5 aromatic carbocycles. The highest BCUT2D eigenvalue weighted by molar-refractivity contribution is 7.99. The van der Waals surface area contributed by atoms with Gasteiger partial charge in [0.05, 0.1) is 63.5 Å². The van der Waals surface area contributed by atoms with Gasteiger partial charge in [-0.2, -0.15) is 11.8 Å². The van der Waals surface area contributed by atoms with Crippen molar-refractivity contribution in [3.05, 3.63) is 49.3 Å². The SMILES string of the molecule is COc1c(O)c2c(=O)cc(OC)c3c4c(OC)cc(=O)c5c(O)c(NCCSCCOCCO)c6c(c(c1C(C(C)=O)C(C)=C6)c23)c54. The number of aliphatic hydroxyl groups excluding tert-OH is 1. The summed E-state index contributed by atoms with van der Waals surface area (Å²) in [5.74, 6) is -0.124. The lowest BCUT2D eigenvalue weighted by Gasteiger charge is -2.25. The summed E-state index contributed by atoms with van der Waals surface area (Å²) < 4.78 is 22.6. The van der Waals surface area contributed by atoms with Gasteiger partial charge in [-0.15, -0.1) is 0 Å². The van der Waals surface area contributed by atoms with E-state index in [1.54, 1.807) is 24.8 Å². The summed E-state index contributed by atoms with van der Waals surface area (Å²) in [5.41, 5.74) is 0.749. The lowest BCUT2D eigenvalue weighted by Crippen LogP contribution is -2.14. The van der Waals surface area contributed by atoms with Crippen molar-refractivity contribution in [2.24, 2.45) is 0 Å². The summed E-state index contributed by atoms with van der Waals surface area (Å²) in [4.78, 5) is 41.0. The van der Waals surface area contributed by atoms with E-state index in [0.717, 1.165) is 0 Å². The number of hydrogen-bond donors (Lipinski definition) is 4. The number of benzene rings is 5. The van der Waals surface area contributed by atoms with Crippen LogP contribution in [0.25, 0.3) is 49.2 Å². The fourth-order valence-corrected chi connectivity index (χ4v) is 7.77. The van der Waals surface area contributed by atoms with Crippen LogP contribution in [0.15, 0.2) is 27.3 Å². The number of allylic oxidation sites excluding steroid dienone is 1. The van der Waals surface area contributed by atoms with E-state index in [9.17, 15) is 24.6 Å². The summed E-state index contributed by atoms with van der Waals surface area (Å²) in [6, 6.07) is 2.55. The van der Waals surface area contributed by atoms with Gasteiger partial charge >= 0.3 is 0 Å². The molecule has 0 radical (unpaired) electrons. The predicted molar refractivity (Wildman–Crippen MR) is 185 cm³/mol. The number of fused-ring (bicyclic) bond motifs is 1. The number of carbonyl (C=O) groups excluding carboxylic acids is 1. The van der Waals surface area contributed by atoms with Crippen molar-refractivity contribution >= 4 is 72.4 Å². The molecule has 0 spiro atoms. The first-order chi connectivity index (χ1) is 22.6. The number of ether oxygens (including phenoxy) is 4. The quantitative estimate of drug-likeness (QED) is 0.0603. The van der Waals surface area contributed by atoms with Gasteiger partial charge in [-0.3, -0.25) is 14.4 Å². The van der Waals surface area contributed by atoms with Crippen LogP contribution in [0.1, 0.15) is 30.9 Å². The van der Waals surface area contributed by atoms with Crippen LogP contribution in [0, 0.1) is 0 Å². The van der Waals surface area contributed by atoms with Crippen molar-refractivity contribution in [1.29, 1.82) is 0 Å². The van der Waals surface area contributed by atoms with Crippen molar-refractivity contribution < 1.29 is 39.1 Å². The van der Waals surface area contributed by atoms with Crippen LogP contribution in [0.4, 0.5) is 5.69 Å². The maximum atomic E-state index is 13.8. The molecule has 11 nitrogen and oxygen atoms in total. The zero-order valence-electron chi connectivity index (χ0n) is 26.7. The first-order valence-electron chi connectivity index (χ1n) is 15.1. The van der Waals surface area contributed by atoms with Gasteiger partial charge < -0.3 is 39.6 Å². The summed E-state index contributed by atoms with van der Waals surface area (Å²) in [6.07, 6.45) is 1.80. The fourth-order valence-electron chi connectivity index (χ4n) is 7.08. The van der Waals surface area contributed by atoms with Crippen LogP contribution in [-0.2, 0) is 9.53 Å². The molecule has 4 N–H and O–H groups in total. The van der Waals surface area contributed by atoms with Gasteiger partial charge in [-0.25, -0.2) is 0 Å². The maximum Gasteiger partial charge on any atom is 0.194 e. The number of carbonyl (C=O) groups is 1. The molecule has 0 heterocycles. The van der Waals surface area contributed by atoms with Gasteiger partial charge in [-0.05, 0) is 19.2 Å². The topological polar surface area (TPSA) is 161 Å². The van der Waals surface area contributed by atoms with Crippen LogP contribution < -0.4 is 30.4 Å². The van der Waals surface area contributed by atoms with Crippen molar-refractivity contribution in [3.63, 3.8) is 0 Å². The molecular formula is C35H35NO10S. The largest absolute Gasteiger partial charge is 0.505 e. The number of hydrogen-bond acceptors (Lipinski definition) is 12. The molecule has 0 aromatic heterocycles. The molecule has 1 unspecified atom stereocenters. The highest BCUT2D eigenvalue weighted by Gasteiger charge is 2.37. The molecule has 12 heteroatoms. The minimum Gasteiger partial charge on any atom is -0.505 e. The summed E-state index contributed by atoms with van der Waals surface area (Å²) >= 11 is 1.61. The van der Waals surface area contributed by atoms with Crippen molar-refractivity contribution in [3.8, 4) is 28.7 Å². The van der Waals surface area contributed by atoms with E-state index in [1.165, 1.54) is 40.4 Å². The number of phenolic OH excluding ortho intramolecular Hbond substituents is 2. The Bertz CT molecular complexity index is 2210. The van der Waals surface area contributed by atoms with E-state index >= 15 is 0 Å². The molecule has 0 bridgehead atoms. The molecule has 0 saturated carbocycles. The molecule has 0 fully saturated rings. The third kappa shape index (κ3) is 4.85. The lowest BCUT2D eigenvalue weighted by molar-refractivity contribution is -0.117. The Balaban J connectivity index is 1.81. The number of aliphatic hydroxyl groups is 1. The van der Waals surface area contributed by atoms with Gasteiger partial charge in [0, 0.05) is 68.2 Å². The predicted octanol–water partition coefficient (Wildman–Crippen LogP) is 4.58. The van der Waals surface area contributed by atoms with E-state index in [4.69, 9.17) is 24.1 Å². The summed E-state index contributed by atoms with van der Waals surface area (Å²) in [5, 5.41) is 38.3. The molecular weight excluding hydrogens is 626 g/mol. The van der Waals surface area contributed by atoms with Crippen molar-refractivity contribution in [1.82, 2.24) is 0 Å². The zero-order chi connectivity index (χ0) is 33.7. The smallest absolute Gasteiger partial charge is 0.194 e. The first-order valence-corrected chi connectivity index (χ1v) is 16.2. The standard InChI is InChI=1S/C35H35NO10S/c1-15-12-17-23-28-24(33(41)32(17)36-6-10-47-11-9-46-8-7-37)18(39)13-20(43-3)26(28)27-21(44-4)14-19(40)25-30(27)29(23)31(22(15)16(2)38)35(45-5)34(25)42/h12-14,22,36-37,41-42H,6-11H2,1-5H3. The van der Waals surface area contributed by atoms with E-state index in [1.807, 2.05) is 0 Å². The number of Topliss-reactive ketones (excluding diaryl/α,β-unsaturated/α-hetero) is 1. The Hall–Kier alpha value is -4.52. The molecule has 0 saturated heterocycles. The molecule has 1 aliphatic rings. The van der Waals surface area contributed by atoms with Crippen molar-refractivity contribution in [2.45, 2.75) is 19.8 Å². The molecule has 246 valence electrons. The number of nitrogens with one attached hydrogen (secondary N) is 1. The highest BCUT2D eigenvalue weighted by Crippen LogP contribution is 2.58. The first kappa shape index (κ1) is 32.4. The van der Waals surface area contributed by atoms with Crippen LogP contribution in [-0.4, -0.2) is 80.3 Å². The fraction of sp³-hybridized carbons (Fsp3) is 0.343. The van der Waals surface area contributed by atoms with E-state index in [0.29, 0.717) is 79.4 Å². The van der Waals surface area contributed by atoms with Crippen molar-refractivity contribution in [2.75, 3.05) is 64.5 Å². The van der Waals surface area contributed by atoms with E-state index in [2.05, 4.69) is 5.32 Å². The van der Waals surface area contributed by atoms with Gasteiger partial charge in [0.1, 0.15) is 17.3 Å². The number of ketones is 1. The number of thioether (sulfide) groups is 1. The highest BCUT2D eigenvalue weighted by atomic mass is 32.2. The Kier molecular flexibility index (Phi) is 8.68. The Morgan fingerprint density at radius 2 is 1.45 bits per heavy atom. The van der Waals surface area contributed by atoms with Gasteiger partial charge in [-0.1, -0.05) is 11.6 Å². The number of aromatic hydroxyl groups is 2. The number of anilines is 1. The average molecular weight is 662 g/mol. The van der Waals surface area contributed by atoms with Crippen LogP contribution >= 0.6 is 11.8 Å². The van der Waals surface area contributed by atoms with Crippen LogP contribution in [0.2, 0.25) is 0 Å². The third-order valence-corrected chi connectivity index (χ3v) is 9.76. The second-order valence-corrected chi connectivity index (χ2v) is 12.6. The Morgan fingerprint density at radius 3 is 2.02 bits per heavy atom. The minimum atomic E-state index is -0.893. The third-order valence-electron chi connectivity index (χ3n) is 8.81. The monoisotopic (exact) mass is 661 g/mol.